The Balaban J connectivity index is 2.14. The van der Waals surface area contributed by atoms with Gasteiger partial charge in [0, 0.05) is 35.2 Å². The minimum absolute atomic E-state index is 0.0334. The van der Waals surface area contributed by atoms with Crippen LogP contribution in [0.3, 0.4) is 0 Å². The van der Waals surface area contributed by atoms with Crippen molar-refractivity contribution >= 4 is 23.9 Å². The number of likely N-dealkylation sites (tertiary alicyclic amines) is 2. The first-order chi connectivity index (χ1) is 20.2. The van der Waals surface area contributed by atoms with Crippen molar-refractivity contribution < 1.29 is 38.9 Å². The number of nitrogens with zero attached hydrogens (tertiary/aromatic N) is 2. The van der Waals surface area contributed by atoms with Crippen molar-refractivity contribution in [1.82, 2.24) is 9.80 Å². The molecule has 2 fully saturated rings. The molecule has 1 aromatic rings. The van der Waals surface area contributed by atoms with E-state index in [9.17, 15) is 29.4 Å². The van der Waals surface area contributed by atoms with E-state index in [0.717, 1.165) is 5.56 Å². The van der Waals surface area contributed by atoms with Crippen LogP contribution in [-0.2, 0) is 19.1 Å². The number of ether oxygens (including phenoxy) is 2. The van der Waals surface area contributed by atoms with E-state index in [4.69, 9.17) is 9.47 Å². The molecule has 0 aromatic heterocycles. The highest BCUT2D eigenvalue weighted by atomic mass is 16.5. The Kier molecular flexibility index (Phi) is 10.3. The minimum Gasteiger partial charge on any atom is -0.478 e. The molecule has 2 aliphatic heterocycles. The lowest BCUT2D eigenvalue weighted by Crippen LogP contribution is -2.61. The summed E-state index contributed by atoms with van der Waals surface area (Å²) in [4.78, 5) is 54.0. The summed E-state index contributed by atoms with van der Waals surface area (Å²) < 4.78 is 9.78. The highest BCUT2D eigenvalue weighted by molar-refractivity contribution is 6.03. The number of hydrogen-bond donors (Lipinski definition) is 2. The fraction of sp³-hybridized carbons (Fsp3) is 0.706. The number of carbonyl (C=O) groups excluding carboxylic acids is 2. The van der Waals surface area contributed by atoms with E-state index < -0.39 is 23.0 Å². The molecule has 44 heavy (non-hydrogen) atoms. The molecule has 10 nitrogen and oxygen atoms in total. The molecular weight excluding hydrogens is 564 g/mol. The topological polar surface area (TPSA) is 134 Å². The maximum Gasteiger partial charge on any atom is 0.336 e. The molecule has 0 spiro atoms. The standard InChI is InChI=1S/C34H52N2O8/c1-31(2)17-21(18-32(3,4)35(31)15-13-25(37)43-9)23-11-12-24(29(39)40)28(30(41)42)27(23)22-19-33(5,6)36(34(7,8)20-22)16-14-26(38)44-10/h11-12,21-22H,13-20H2,1-10H3,(H,39,40)(H,41,42). The largest absolute Gasteiger partial charge is 0.478 e. The monoisotopic (exact) mass is 616 g/mol. The Morgan fingerprint density at radius 2 is 1.07 bits per heavy atom. The van der Waals surface area contributed by atoms with Crippen molar-refractivity contribution in [1.29, 1.82) is 0 Å². The minimum atomic E-state index is -1.26. The van der Waals surface area contributed by atoms with E-state index in [0.29, 0.717) is 44.3 Å². The zero-order chi connectivity index (χ0) is 33.4. The molecule has 2 heterocycles. The third-order valence-electron chi connectivity index (χ3n) is 10.0. The summed E-state index contributed by atoms with van der Waals surface area (Å²) in [6.45, 7) is 18.0. The molecule has 2 saturated heterocycles. The number of carboxylic acids is 2. The number of benzene rings is 1. The van der Waals surface area contributed by atoms with Gasteiger partial charge in [-0.05, 0) is 110 Å². The lowest BCUT2D eigenvalue weighted by molar-refractivity contribution is -0.143. The summed E-state index contributed by atoms with van der Waals surface area (Å²) in [6.07, 6.45) is 3.13. The molecule has 0 saturated carbocycles. The van der Waals surface area contributed by atoms with Crippen LogP contribution in [0.25, 0.3) is 0 Å². The van der Waals surface area contributed by atoms with Gasteiger partial charge in [0.2, 0.25) is 0 Å². The maximum absolute atomic E-state index is 12.9. The highest BCUT2D eigenvalue weighted by Crippen LogP contribution is 2.52. The predicted octanol–water partition coefficient (Wildman–Crippen LogP) is 5.68. The molecule has 0 aliphatic carbocycles. The van der Waals surface area contributed by atoms with Gasteiger partial charge in [0.15, 0.2) is 0 Å². The van der Waals surface area contributed by atoms with Crippen molar-refractivity contribution in [3.8, 4) is 0 Å². The number of rotatable bonds is 10. The van der Waals surface area contributed by atoms with Gasteiger partial charge in [-0.3, -0.25) is 19.4 Å². The van der Waals surface area contributed by atoms with Gasteiger partial charge in [-0.1, -0.05) is 6.07 Å². The van der Waals surface area contributed by atoms with Gasteiger partial charge in [0.1, 0.15) is 0 Å². The second kappa shape index (κ2) is 12.8. The fourth-order valence-electron chi connectivity index (χ4n) is 8.72. The van der Waals surface area contributed by atoms with Crippen molar-refractivity contribution in [2.75, 3.05) is 27.3 Å². The SMILES string of the molecule is COC(=O)CCN1C(C)(C)CC(c2ccc(C(=O)O)c(C(=O)O)c2C2CC(C)(C)N(CCC(=O)OC)C(C)(C)C2)CC1(C)C. The predicted molar refractivity (Wildman–Crippen MR) is 167 cm³/mol. The Bertz CT molecular complexity index is 1250. The Labute approximate surface area is 262 Å². The quantitative estimate of drug-likeness (QED) is 0.316. The van der Waals surface area contributed by atoms with Gasteiger partial charge in [-0.2, -0.15) is 0 Å². The fourth-order valence-corrected chi connectivity index (χ4v) is 8.72. The van der Waals surface area contributed by atoms with Crippen LogP contribution in [0, 0.1) is 0 Å². The average molecular weight is 617 g/mol. The number of carbonyl (C=O) groups is 4. The second-order valence-electron chi connectivity index (χ2n) is 15.0. The molecule has 3 rings (SSSR count). The molecule has 0 atom stereocenters. The first-order valence-electron chi connectivity index (χ1n) is 15.5. The van der Waals surface area contributed by atoms with Gasteiger partial charge in [0.25, 0.3) is 0 Å². The van der Waals surface area contributed by atoms with Crippen molar-refractivity contribution in [3.05, 3.63) is 34.4 Å². The van der Waals surface area contributed by atoms with E-state index >= 15 is 0 Å². The smallest absolute Gasteiger partial charge is 0.336 e. The van der Waals surface area contributed by atoms with Gasteiger partial charge < -0.3 is 19.7 Å². The first-order valence-corrected chi connectivity index (χ1v) is 15.5. The molecule has 2 N–H and O–H groups in total. The van der Waals surface area contributed by atoms with Gasteiger partial charge in [-0.15, -0.1) is 0 Å². The van der Waals surface area contributed by atoms with Crippen LogP contribution in [0.1, 0.15) is 138 Å². The first kappa shape index (κ1) is 35.5. The molecule has 246 valence electrons. The maximum atomic E-state index is 12.9. The number of aromatic carboxylic acids is 2. The summed E-state index contributed by atoms with van der Waals surface area (Å²) >= 11 is 0. The lowest BCUT2D eigenvalue weighted by atomic mass is 9.65. The molecule has 0 radical (unpaired) electrons. The van der Waals surface area contributed by atoms with E-state index in [2.05, 4.69) is 65.2 Å². The second-order valence-corrected chi connectivity index (χ2v) is 15.0. The molecule has 0 amide bonds. The number of esters is 2. The van der Waals surface area contributed by atoms with Crippen LogP contribution in [-0.4, -0.2) is 93.4 Å². The average Bonchev–Trinajstić information content (AvgIpc) is 2.88. The van der Waals surface area contributed by atoms with Gasteiger partial charge in [0.05, 0.1) is 38.2 Å². The number of hydrogen-bond acceptors (Lipinski definition) is 8. The van der Waals surface area contributed by atoms with Gasteiger partial charge in [-0.25, -0.2) is 9.59 Å². The van der Waals surface area contributed by atoms with E-state index in [1.54, 1.807) is 0 Å². The van der Waals surface area contributed by atoms with E-state index in [-0.39, 0.29) is 58.8 Å². The van der Waals surface area contributed by atoms with E-state index in [1.165, 1.54) is 20.3 Å². The third kappa shape index (κ3) is 7.28. The summed E-state index contributed by atoms with van der Waals surface area (Å²) in [5.74, 6) is -3.31. The zero-order valence-corrected chi connectivity index (χ0v) is 28.2. The van der Waals surface area contributed by atoms with E-state index in [1.807, 2.05) is 6.07 Å². The van der Waals surface area contributed by atoms with Crippen molar-refractivity contribution in [2.45, 2.75) is 128 Å². The molecule has 0 unspecified atom stereocenters. The molecule has 10 heteroatoms. The summed E-state index contributed by atoms with van der Waals surface area (Å²) in [6, 6.07) is 3.30. The molecule has 2 aliphatic rings. The number of carboxylic acid groups (broad SMARTS) is 2. The van der Waals surface area contributed by atoms with Crippen LogP contribution in [0.2, 0.25) is 0 Å². The number of methoxy groups -OCH3 is 2. The van der Waals surface area contributed by atoms with Crippen LogP contribution in [0.4, 0.5) is 0 Å². The van der Waals surface area contributed by atoms with Crippen molar-refractivity contribution in [2.24, 2.45) is 0 Å². The third-order valence-corrected chi connectivity index (χ3v) is 10.0. The highest BCUT2D eigenvalue weighted by Gasteiger charge is 2.50. The molecular formula is C34H52N2O8. The van der Waals surface area contributed by atoms with Crippen LogP contribution < -0.4 is 0 Å². The Morgan fingerprint density at radius 1 is 0.682 bits per heavy atom. The van der Waals surface area contributed by atoms with Crippen LogP contribution in [0.5, 0.6) is 0 Å². The molecule has 0 bridgehead atoms. The van der Waals surface area contributed by atoms with Crippen LogP contribution in [0.15, 0.2) is 12.1 Å². The normalized spacial score (nSPS) is 21.9. The Hall–Kier alpha value is -2.98. The Morgan fingerprint density at radius 3 is 1.41 bits per heavy atom. The summed E-state index contributed by atoms with van der Waals surface area (Å²) in [5, 5.41) is 20.6. The van der Waals surface area contributed by atoms with Crippen LogP contribution >= 0.6 is 0 Å². The number of piperidine rings is 2. The zero-order valence-electron chi connectivity index (χ0n) is 28.2. The summed E-state index contributed by atoms with van der Waals surface area (Å²) in [5.41, 5.74) is -0.311. The summed E-state index contributed by atoms with van der Waals surface area (Å²) in [7, 11) is 2.76. The van der Waals surface area contributed by atoms with Gasteiger partial charge >= 0.3 is 23.9 Å². The molecule has 1 aromatic carbocycles. The lowest BCUT2D eigenvalue weighted by Gasteiger charge is -2.57. The van der Waals surface area contributed by atoms with Crippen molar-refractivity contribution in [3.63, 3.8) is 0 Å².